The van der Waals surface area contributed by atoms with Gasteiger partial charge >= 0.3 is 23.5 Å². The zero-order valence-corrected chi connectivity index (χ0v) is 68.1. The smallest absolute Gasteiger partial charge is 0.332 e. The van der Waals surface area contributed by atoms with E-state index in [-0.39, 0.29) is 29.2 Å². The maximum Gasteiger partial charge on any atom is 0.332 e. The number of fused-ring (bicyclic) bond motifs is 4. The molecule has 16 rings (SSSR count). The van der Waals surface area contributed by atoms with Crippen LogP contribution in [0.25, 0.3) is 43.6 Å². The molecule has 34 heteroatoms. The van der Waals surface area contributed by atoms with Gasteiger partial charge in [-0.25, -0.2) is 24.2 Å². The number of urea groups is 3. The number of anilines is 4. The first kappa shape index (κ1) is 87.1. The fraction of sp³-hybridized carbons (Fsp3) is 0.136. The summed E-state index contributed by atoms with van der Waals surface area (Å²) in [6.07, 6.45) is 6.64. The van der Waals surface area contributed by atoms with E-state index in [9.17, 15) is 39.4 Å². The number of imide groups is 2. The molecular formula is C88H78Cl2N12O20. The Hall–Kier alpha value is -15.7. The number of phenolic OH excluding ortho intramolecular Hbond substituents is 1. The van der Waals surface area contributed by atoms with Crippen LogP contribution in [0.3, 0.4) is 0 Å². The average molecular weight is 1690 g/mol. The van der Waals surface area contributed by atoms with Crippen LogP contribution >= 0.6 is 23.2 Å². The molecule has 0 radical (unpaired) electrons. The number of non-ortho nitro benzene ring substituents is 2. The Morgan fingerprint density at radius 2 is 0.713 bits per heavy atom. The van der Waals surface area contributed by atoms with E-state index >= 15 is 0 Å². The van der Waals surface area contributed by atoms with Crippen molar-refractivity contribution in [3.63, 3.8) is 0 Å². The lowest BCUT2D eigenvalue weighted by Gasteiger charge is -2.18. The standard InChI is InChI=1S/C27H24N4O5.C17H14N2O5.C17H16N2O3.C11H10ClNO2.C10H9ClN2O2.C6H5NO3/c1-34-24-16-21-22(17-25(24)35-2)28-13-12-23(21)36-20-10-8-18(9-11-20)29-26(32)31-15-14-30(27(31)33)19-6-4-3-5-7-19;1-22-16-9-13-14(10-17(16)23-2)18-8-7-15(13)24-12-5-3-11(4-6-12)19(20)21;1-20-16-9-13-14(10-17(16)21-2)19-8-7-15(13)22-12-5-3-11(18)4-6-12;1-14-10-5-7-8(12)3-4-13-9(7)6-11(10)15-2;11-9(14)13-7-6-12(10(13)15)8-4-2-1-3-5-8;8-6-3-1-5(2-4-6)7(9)10/h3-13,16-17H,14-15H2,1-2H3,(H,29,32);3-10H,1-2H3;3-10H,18H2,1-2H3;3-6H,1-2H3;1-5H,6-7H2;1-4,8H. The predicted molar refractivity (Wildman–Crippen MR) is 462 cm³/mol. The number of nitro groups is 2. The fourth-order valence-corrected chi connectivity index (χ4v) is 12.5. The summed E-state index contributed by atoms with van der Waals surface area (Å²) >= 11 is 11.3. The van der Waals surface area contributed by atoms with Crippen molar-refractivity contribution in [2.75, 3.05) is 104 Å². The molecule has 0 saturated carbocycles. The number of nitrogens with one attached hydrogen (secondary N) is 1. The van der Waals surface area contributed by atoms with Crippen LogP contribution in [0.15, 0.2) is 255 Å². The number of carbonyl (C=O) groups is 4. The SMILES string of the molecule is COc1cc2nccc(Cl)c2cc1OC.COc1cc2nccc(Oc3ccc(N)cc3)c2cc1OC.COc1cc2nccc(Oc3ccc(NC(=O)N4CCN(c5ccccc5)C4=O)cc3)c2cc1OC.COc1cc2nccc(Oc3ccc([N+](=O)[O-])cc3)c2cc1OC.O=C(Cl)N1CCN(c2ccccc2)C1=O.O=[N+]([O-])c1ccc(O)cc1. The summed E-state index contributed by atoms with van der Waals surface area (Å²) in [4.78, 5) is 90.4. The van der Waals surface area contributed by atoms with Gasteiger partial charge in [-0.2, -0.15) is 0 Å². The molecule has 0 unspecified atom stereocenters. The first-order valence-electron chi connectivity index (χ1n) is 36.7. The van der Waals surface area contributed by atoms with Crippen molar-refractivity contribution in [2.45, 2.75) is 0 Å². The number of aromatic hydroxyl groups is 1. The van der Waals surface area contributed by atoms with Crippen LogP contribution in [0, 0.1) is 20.2 Å². The van der Waals surface area contributed by atoms with Crippen molar-refractivity contribution in [1.82, 2.24) is 29.7 Å². The molecule has 7 amide bonds. The Labute approximate surface area is 707 Å². The molecule has 0 aliphatic carbocycles. The Bertz CT molecular complexity index is 6040. The van der Waals surface area contributed by atoms with E-state index in [0.717, 1.165) is 48.9 Å². The van der Waals surface area contributed by atoms with Gasteiger partial charge in [0.15, 0.2) is 46.0 Å². The number of benzene rings is 10. The average Bonchev–Trinajstić information content (AvgIpc) is 1.15. The van der Waals surface area contributed by atoms with Crippen molar-refractivity contribution in [3.8, 4) is 86.2 Å². The number of halogens is 2. The van der Waals surface area contributed by atoms with Crippen molar-refractivity contribution in [1.29, 1.82) is 0 Å². The zero-order chi connectivity index (χ0) is 86.9. The van der Waals surface area contributed by atoms with E-state index in [1.165, 1.54) is 46.2 Å². The number of aromatic nitrogens is 4. The van der Waals surface area contributed by atoms with Gasteiger partial charge < -0.3 is 68.3 Å². The third-order valence-electron chi connectivity index (χ3n) is 18.2. The summed E-state index contributed by atoms with van der Waals surface area (Å²) in [7, 11) is 12.6. The molecule has 2 aliphatic rings. The second-order valence-corrected chi connectivity index (χ2v) is 26.3. The van der Waals surface area contributed by atoms with Gasteiger partial charge in [-0.15, -0.1) is 0 Å². The van der Waals surface area contributed by atoms with E-state index in [1.54, 1.807) is 178 Å². The van der Waals surface area contributed by atoms with E-state index in [0.29, 0.717) is 134 Å². The maximum atomic E-state index is 12.7. The van der Waals surface area contributed by atoms with Crippen molar-refractivity contribution < 1.29 is 86.2 Å². The summed E-state index contributed by atoms with van der Waals surface area (Å²) in [5, 5.41) is 35.4. The first-order valence-corrected chi connectivity index (χ1v) is 37.5. The fourth-order valence-electron chi connectivity index (χ4n) is 12.1. The Morgan fingerprint density at radius 1 is 0.402 bits per heavy atom. The third-order valence-corrected chi connectivity index (χ3v) is 18.7. The Morgan fingerprint density at radius 3 is 1.07 bits per heavy atom. The van der Waals surface area contributed by atoms with Crippen LogP contribution in [-0.4, -0.2) is 151 Å². The lowest BCUT2D eigenvalue weighted by molar-refractivity contribution is -0.385. The third kappa shape index (κ3) is 21.7. The van der Waals surface area contributed by atoms with Crippen molar-refractivity contribution in [2.24, 2.45) is 0 Å². The predicted octanol–water partition coefficient (Wildman–Crippen LogP) is 19.6. The molecule has 2 aliphatic heterocycles. The first-order chi connectivity index (χ1) is 59.0. The second-order valence-electron chi connectivity index (χ2n) is 25.6. The van der Waals surface area contributed by atoms with Crippen LogP contribution in [0.2, 0.25) is 5.02 Å². The number of hydrogen-bond donors (Lipinski definition) is 3. The van der Waals surface area contributed by atoms with Gasteiger partial charge in [0.2, 0.25) is 0 Å². The number of methoxy groups -OCH3 is 8. The number of rotatable bonds is 19. The lowest BCUT2D eigenvalue weighted by atomic mass is 10.2. The summed E-state index contributed by atoms with van der Waals surface area (Å²) in [6.45, 7) is 1.58. The zero-order valence-electron chi connectivity index (χ0n) is 66.6. The number of phenols is 1. The number of para-hydroxylation sites is 2. The number of nitrogens with zero attached hydrogens (tertiary/aromatic N) is 10. The molecule has 0 bridgehead atoms. The van der Waals surface area contributed by atoms with E-state index in [1.807, 2.05) is 103 Å². The molecule has 2 saturated heterocycles. The van der Waals surface area contributed by atoms with Gasteiger partial charge in [0.1, 0.15) is 40.2 Å². The van der Waals surface area contributed by atoms with Crippen molar-refractivity contribution in [3.05, 3.63) is 281 Å². The highest BCUT2D eigenvalue weighted by molar-refractivity contribution is 6.64. The van der Waals surface area contributed by atoms with Crippen LogP contribution in [0.4, 0.5) is 53.3 Å². The van der Waals surface area contributed by atoms with Crippen LogP contribution in [0.5, 0.6) is 86.2 Å². The second kappa shape index (κ2) is 41.4. The van der Waals surface area contributed by atoms with E-state index in [2.05, 4.69) is 25.3 Å². The Balaban J connectivity index is 0.000000149. The monoisotopic (exact) mass is 1690 g/mol. The number of hydrogen-bond acceptors (Lipinski definition) is 25. The summed E-state index contributed by atoms with van der Waals surface area (Å²) in [6, 6.07) is 63.8. The number of nitro benzene ring substituents is 2. The van der Waals surface area contributed by atoms with Gasteiger partial charge in [0.05, 0.1) is 100 Å². The van der Waals surface area contributed by atoms with Crippen molar-refractivity contribution >= 4 is 124 Å². The molecule has 10 aromatic carbocycles. The quantitative estimate of drug-likeness (QED) is 0.0222. The minimum atomic E-state index is -0.724. The number of nitrogen functional groups attached to an aromatic ring is 1. The highest BCUT2D eigenvalue weighted by atomic mass is 35.5. The lowest BCUT2D eigenvalue weighted by Crippen LogP contribution is -2.39. The number of amides is 7. The Kier molecular flexibility index (Phi) is 29.6. The molecule has 4 aromatic heterocycles. The molecule has 14 aromatic rings. The van der Waals surface area contributed by atoms with Gasteiger partial charge in [-0.05, 0) is 157 Å². The van der Waals surface area contributed by atoms with Crippen LogP contribution in [0.1, 0.15) is 0 Å². The van der Waals surface area contributed by atoms with Gasteiger partial charge in [0, 0.05) is 137 Å². The van der Waals surface area contributed by atoms with Gasteiger partial charge in [0.25, 0.3) is 11.4 Å². The molecular weight excluding hydrogens is 1620 g/mol. The minimum absolute atomic E-state index is 0.00772. The molecule has 2 fully saturated rings. The molecule has 4 N–H and O–H groups in total. The summed E-state index contributed by atoms with van der Waals surface area (Å²) in [5.41, 5.74) is 11.4. The van der Waals surface area contributed by atoms with E-state index in [4.69, 9.17) is 86.1 Å². The summed E-state index contributed by atoms with van der Waals surface area (Å²) < 4.78 is 60.2. The minimum Gasteiger partial charge on any atom is -0.508 e. The number of pyridine rings is 4. The highest BCUT2D eigenvalue weighted by Gasteiger charge is 2.35. The van der Waals surface area contributed by atoms with E-state index < -0.39 is 21.2 Å². The normalized spacial score (nSPS) is 11.8. The summed E-state index contributed by atoms with van der Waals surface area (Å²) in [5.74, 6) is 8.51. The number of ether oxygens (including phenoxy) is 11. The molecule has 6 heterocycles. The van der Waals surface area contributed by atoms with Gasteiger partial charge in [-0.1, -0.05) is 48.0 Å². The number of nitrogens with two attached hydrogens (primary N) is 1. The highest BCUT2D eigenvalue weighted by Crippen LogP contribution is 2.42. The largest absolute Gasteiger partial charge is 0.508 e. The molecule has 624 valence electrons. The molecule has 122 heavy (non-hydrogen) atoms. The molecule has 0 spiro atoms. The number of carbonyl (C=O) groups excluding carboxylic acids is 4. The van der Waals surface area contributed by atoms with Crippen LogP contribution < -0.4 is 73.0 Å². The molecule has 0 atom stereocenters. The van der Waals surface area contributed by atoms with Gasteiger partial charge in [-0.3, -0.25) is 54.8 Å². The maximum absolute atomic E-state index is 12.7. The molecule has 32 nitrogen and oxygen atoms in total. The van der Waals surface area contributed by atoms with Crippen LogP contribution in [-0.2, 0) is 0 Å². The topological polar surface area (TPSA) is 379 Å².